The molecule has 1 unspecified atom stereocenters. The maximum absolute atomic E-state index is 13.3. The first-order valence-corrected chi connectivity index (χ1v) is 21.8. The molecule has 13 heteroatoms. The number of allylic oxidation sites excluding steroid dienone is 8. The SMILES string of the molecule is CCOC(=O)C1CC(/C=C/C(C)=N\CCCCS(=O)(=O)O)=C(c2ccc(N)cc2)C(=C/C=C(\C)N(CCCCS(=O)(=O)O)c2ccc3ccccc3c2C)/C1. The van der Waals surface area contributed by atoms with Gasteiger partial charge >= 0.3 is 5.97 Å². The van der Waals surface area contributed by atoms with Crippen LogP contribution in [0.3, 0.4) is 0 Å². The molecular weight excluding hydrogens is 739 g/mol. The van der Waals surface area contributed by atoms with E-state index in [9.17, 15) is 26.2 Å². The Hall–Kier alpha value is -4.56. The number of anilines is 2. The molecule has 296 valence electrons. The molecule has 4 N–H and O–H groups in total. The van der Waals surface area contributed by atoms with Gasteiger partial charge in [-0.15, -0.1) is 0 Å². The molecule has 0 aliphatic heterocycles. The third-order valence-electron chi connectivity index (χ3n) is 9.54. The molecule has 0 saturated carbocycles. The summed E-state index contributed by atoms with van der Waals surface area (Å²) < 4.78 is 69.0. The second-order valence-corrected chi connectivity index (χ2v) is 16.9. The van der Waals surface area contributed by atoms with Crippen molar-refractivity contribution in [3.05, 3.63) is 113 Å². The van der Waals surface area contributed by atoms with Gasteiger partial charge in [-0.3, -0.25) is 18.9 Å². The van der Waals surface area contributed by atoms with Gasteiger partial charge in [-0.2, -0.15) is 16.8 Å². The number of rotatable bonds is 18. The summed E-state index contributed by atoms with van der Waals surface area (Å²) in [5, 5.41) is 2.22. The molecular formula is C42H53N3O8S2. The number of benzene rings is 3. The topological polar surface area (TPSA) is 177 Å². The molecule has 1 atom stereocenters. The van der Waals surface area contributed by atoms with E-state index in [4.69, 9.17) is 15.0 Å². The monoisotopic (exact) mass is 791 g/mol. The fourth-order valence-electron chi connectivity index (χ4n) is 6.75. The number of esters is 1. The number of nitrogen functional groups attached to an aromatic ring is 1. The van der Waals surface area contributed by atoms with Gasteiger partial charge in [0, 0.05) is 35.9 Å². The van der Waals surface area contributed by atoms with Crippen LogP contribution in [0.5, 0.6) is 0 Å². The molecule has 3 aromatic carbocycles. The van der Waals surface area contributed by atoms with E-state index < -0.39 is 26.2 Å². The quantitative estimate of drug-likeness (QED) is 0.0375. The second kappa shape index (κ2) is 19.9. The summed E-state index contributed by atoms with van der Waals surface area (Å²) in [5.41, 5.74) is 14.1. The fourth-order valence-corrected chi connectivity index (χ4v) is 7.89. The molecule has 0 amide bonds. The summed E-state index contributed by atoms with van der Waals surface area (Å²) in [6.07, 6.45) is 10.4. The molecule has 55 heavy (non-hydrogen) atoms. The number of hydrogen-bond acceptors (Lipinski definition) is 9. The fraction of sp³-hybridized carbons (Fsp3) is 0.381. The van der Waals surface area contributed by atoms with Crippen LogP contribution in [0.1, 0.15) is 70.4 Å². The standard InChI is InChI=1S/C42H53N3O8S2/c1-5-53-42(46)37-28-35(16-14-30(2)44-24-8-10-26-54(47,48)49)41(34-18-21-38(43)22-19-34)36(29-37)17-15-31(3)45(25-9-11-27-55(50,51)52)40-23-20-33-12-6-7-13-39(33)32(40)4/h6-7,12-23,37H,5,8-11,24-29,43H2,1-4H3,(H,47,48,49)(H,50,51,52)/b16-14+,31-15+,36-17+,44-30-. The minimum absolute atomic E-state index is 0.258. The van der Waals surface area contributed by atoms with Gasteiger partial charge in [0.25, 0.3) is 20.2 Å². The van der Waals surface area contributed by atoms with Crippen LogP contribution in [0.25, 0.3) is 16.3 Å². The zero-order valence-electron chi connectivity index (χ0n) is 32.1. The van der Waals surface area contributed by atoms with Crippen molar-refractivity contribution < 1.29 is 35.5 Å². The molecule has 3 aromatic rings. The largest absolute Gasteiger partial charge is 0.466 e. The lowest BCUT2D eigenvalue weighted by Gasteiger charge is -2.29. The number of nitrogens with two attached hydrogens (primary N) is 1. The summed E-state index contributed by atoms with van der Waals surface area (Å²) in [4.78, 5) is 20.0. The van der Waals surface area contributed by atoms with E-state index in [0.29, 0.717) is 57.3 Å². The van der Waals surface area contributed by atoms with Crippen LogP contribution < -0.4 is 10.6 Å². The van der Waals surface area contributed by atoms with Gasteiger partial charge in [0.05, 0.1) is 24.0 Å². The maximum atomic E-state index is 13.3. The summed E-state index contributed by atoms with van der Waals surface area (Å²) in [7, 11) is -8.09. The van der Waals surface area contributed by atoms with Gasteiger partial charge in [-0.1, -0.05) is 54.6 Å². The molecule has 0 heterocycles. The zero-order chi connectivity index (χ0) is 40.2. The minimum atomic E-state index is -4.08. The summed E-state index contributed by atoms with van der Waals surface area (Å²) in [5.74, 6) is -1.34. The van der Waals surface area contributed by atoms with E-state index in [1.807, 2.05) is 74.5 Å². The lowest BCUT2D eigenvalue weighted by Crippen LogP contribution is -2.24. The molecule has 0 radical (unpaired) electrons. The number of unbranched alkanes of at least 4 members (excludes halogenated alkanes) is 2. The molecule has 1 aliphatic carbocycles. The van der Waals surface area contributed by atoms with Gasteiger partial charge in [-0.05, 0) is 135 Å². The Kier molecular flexibility index (Phi) is 15.6. The van der Waals surface area contributed by atoms with Crippen molar-refractivity contribution in [2.75, 3.05) is 41.8 Å². The number of fused-ring (bicyclic) bond motifs is 1. The molecule has 0 bridgehead atoms. The Morgan fingerprint density at radius 1 is 0.927 bits per heavy atom. The van der Waals surface area contributed by atoms with Crippen molar-refractivity contribution in [3.8, 4) is 0 Å². The Labute approximate surface area is 325 Å². The average molecular weight is 792 g/mol. The number of ether oxygens (including phenoxy) is 1. The first kappa shape index (κ1) is 43.2. The number of aliphatic imine (C=N–C) groups is 1. The lowest BCUT2D eigenvalue weighted by atomic mass is 9.77. The third kappa shape index (κ3) is 13.3. The van der Waals surface area contributed by atoms with Crippen LogP contribution in [-0.4, -0.2) is 68.8 Å². The average Bonchev–Trinajstić information content (AvgIpc) is 3.13. The predicted molar refractivity (Wildman–Crippen MR) is 223 cm³/mol. The molecule has 4 rings (SSSR count). The maximum Gasteiger partial charge on any atom is 0.309 e. The lowest BCUT2D eigenvalue weighted by molar-refractivity contribution is -0.147. The molecule has 0 fully saturated rings. The smallest absolute Gasteiger partial charge is 0.309 e. The van der Waals surface area contributed by atoms with E-state index in [1.54, 1.807) is 6.92 Å². The van der Waals surface area contributed by atoms with Gasteiger partial charge < -0.3 is 15.4 Å². The molecule has 0 saturated heterocycles. The van der Waals surface area contributed by atoms with Crippen LogP contribution >= 0.6 is 0 Å². The van der Waals surface area contributed by atoms with Crippen LogP contribution in [0.15, 0.2) is 107 Å². The predicted octanol–water partition coefficient (Wildman–Crippen LogP) is 8.15. The number of nitrogens with zero attached hydrogens (tertiary/aromatic N) is 2. The Bertz CT molecular complexity index is 2200. The molecule has 0 spiro atoms. The van der Waals surface area contributed by atoms with E-state index in [2.05, 4.69) is 41.1 Å². The Morgan fingerprint density at radius 3 is 2.27 bits per heavy atom. The molecule has 11 nitrogen and oxygen atoms in total. The minimum Gasteiger partial charge on any atom is -0.466 e. The van der Waals surface area contributed by atoms with Crippen molar-refractivity contribution >= 4 is 59.6 Å². The van der Waals surface area contributed by atoms with Crippen molar-refractivity contribution in [1.82, 2.24) is 0 Å². The number of carbonyl (C=O) groups excluding carboxylic acids is 1. The highest BCUT2D eigenvalue weighted by atomic mass is 32.2. The van der Waals surface area contributed by atoms with Crippen LogP contribution in [0.4, 0.5) is 11.4 Å². The second-order valence-electron chi connectivity index (χ2n) is 13.8. The third-order valence-corrected chi connectivity index (χ3v) is 11.1. The number of hydrogen-bond donors (Lipinski definition) is 3. The van der Waals surface area contributed by atoms with Crippen molar-refractivity contribution in [1.29, 1.82) is 0 Å². The van der Waals surface area contributed by atoms with Gasteiger partial charge in [-0.25, -0.2) is 0 Å². The molecule has 0 aromatic heterocycles. The zero-order valence-corrected chi connectivity index (χ0v) is 33.7. The van der Waals surface area contributed by atoms with Crippen LogP contribution in [0, 0.1) is 12.8 Å². The Balaban J connectivity index is 1.79. The first-order valence-electron chi connectivity index (χ1n) is 18.5. The highest BCUT2D eigenvalue weighted by Gasteiger charge is 2.30. The van der Waals surface area contributed by atoms with Crippen molar-refractivity contribution in [2.45, 2.75) is 66.2 Å². The van der Waals surface area contributed by atoms with E-state index in [0.717, 1.165) is 55.7 Å². The van der Waals surface area contributed by atoms with Crippen LogP contribution in [0.2, 0.25) is 0 Å². The van der Waals surface area contributed by atoms with Crippen molar-refractivity contribution in [2.24, 2.45) is 10.9 Å². The number of aryl methyl sites for hydroxylation is 1. The van der Waals surface area contributed by atoms with Crippen molar-refractivity contribution in [3.63, 3.8) is 0 Å². The summed E-state index contributed by atoms with van der Waals surface area (Å²) in [6.45, 7) is 8.89. The Morgan fingerprint density at radius 2 is 1.60 bits per heavy atom. The highest BCUT2D eigenvalue weighted by molar-refractivity contribution is 7.86. The van der Waals surface area contributed by atoms with E-state index >= 15 is 0 Å². The normalized spacial score (nSPS) is 16.7. The highest BCUT2D eigenvalue weighted by Crippen LogP contribution is 2.41. The summed E-state index contributed by atoms with van der Waals surface area (Å²) in [6, 6.07) is 19.9. The van der Waals surface area contributed by atoms with Gasteiger partial charge in [0.15, 0.2) is 0 Å². The first-order chi connectivity index (χ1) is 26.1. The van der Waals surface area contributed by atoms with E-state index in [1.165, 1.54) is 0 Å². The summed E-state index contributed by atoms with van der Waals surface area (Å²) >= 11 is 0. The van der Waals surface area contributed by atoms with E-state index in [-0.39, 0.29) is 24.1 Å². The number of carbonyl (C=O) groups is 1. The molecule has 1 aliphatic rings. The van der Waals surface area contributed by atoms with Gasteiger partial charge in [0.2, 0.25) is 0 Å². The van der Waals surface area contributed by atoms with Gasteiger partial charge in [0.1, 0.15) is 0 Å². The van der Waals surface area contributed by atoms with Crippen LogP contribution in [-0.2, 0) is 29.8 Å².